The molecule has 0 N–H and O–H groups in total. The summed E-state index contributed by atoms with van der Waals surface area (Å²) >= 11 is 0. The minimum Gasteiger partial charge on any atom is -0.458 e. The highest BCUT2D eigenvalue weighted by atomic mass is 16.5. The Morgan fingerprint density at radius 1 is 0.541 bits per heavy atom. The Morgan fingerprint density at radius 2 is 1.16 bits per heavy atom. The van der Waals surface area contributed by atoms with Crippen LogP contribution in [0.5, 0.6) is 11.5 Å². The first-order valence-corrected chi connectivity index (χ1v) is 21.3. The number of nitrogens with zero attached hydrogens (tertiary/aromatic N) is 4. The van der Waals surface area contributed by atoms with Gasteiger partial charge in [-0.1, -0.05) is 147 Å². The van der Waals surface area contributed by atoms with Crippen LogP contribution in [0.3, 0.4) is 0 Å². The van der Waals surface area contributed by atoms with Gasteiger partial charge in [-0.3, -0.25) is 13.7 Å². The summed E-state index contributed by atoms with van der Waals surface area (Å²) in [5, 5.41) is 2.34. The molecule has 0 aliphatic rings. The second kappa shape index (κ2) is 15.1. The van der Waals surface area contributed by atoms with Crippen LogP contribution in [-0.4, -0.2) is 14.1 Å². The third-order valence-corrected chi connectivity index (χ3v) is 11.6. The zero-order valence-corrected chi connectivity index (χ0v) is 36.8. The van der Waals surface area contributed by atoms with Crippen molar-refractivity contribution >= 4 is 21.8 Å². The molecule has 3 heterocycles. The number of para-hydroxylation sites is 1. The zero-order chi connectivity index (χ0) is 42.7. The molecule has 0 aliphatic carbocycles. The SMILES string of the molecule is CC(C)(C)c1ccnc(-n2c3ccccc3c3ccc(Oc4cccc(-n5[c-][n+](-c6cc(-c7ccccc7)c(C(C)(C)C)c(-c7ccccc7)c6)c(C(C)(C)C)c5)c4)cc32)c1. The van der Waals surface area contributed by atoms with Crippen molar-refractivity contribution < 1.29 is 9.30 Å². The van der Waals surface area contributed by atoms with Gasteiger partial charge in [-0.25, -0.2) is 4.98 Å². The lowest BCUT2D eigenvalue weighted by Crippen LogP contribution is -2.39. The van der Waals surface area contributed by atoms with Crippen LogP contribution in [0.4, 0.5) is 0 Å². The highest BCUT2D eigenvalue weighted by Gasteiger charge is 2.28. The van der Waals surface area contributed by atoms with Gasteiger partial charge in [0.05, 0.1) is 28.1 Å². The van der Waals surface area contributed by atoms with Crippen molar-refractivity contribution in [3.8, 4) is 50.9 Å². The van der Waals surface area contributed by atoms with Crippen LogP contribution in [0.25, 0.3) is 61.3 Å². The molecule has 304 valence electrons. The molecule has 6 aromatic carbocycles. The predicted molar refractivity (Wildman–Crippen MR) is 252 cm³/mol. The van der Waals surface area contributed by atoms with E-state index in [-0.39, 0.29) is 16.2 Å². The number of benzene rings is 6. The smallest absolute Gasteiger partial charge is 0.269 e. The molecule has 61 heavy (non-hydrogen) atoms. The van der Waals surface area contributed by atoms with E-state index in [1.54, 1.807) is 0 Å². The molecular weight excluding hydrogens is 745 g/mol. The first-order valence-electron chi connectivity index (χ1n) is 21.3. The Morgan fingerprint density at radius 3 is 1.80 bits per heavy atom. The van der Waals surface area contributed by atoms with Gasteiger partial charge in [0, 0.05) is 29.2 Å². The van der Waals surface area contributed by atoms with Crippen LogP contribution in [-0.2, 0) is 16.2 Å². The molecule has 5 nitrogen and oxygen atoms in total. The molecule has 0 amide bonds. The summed E-state index contributed by atoms with van der Waals surface area (Å²) < 4.78 is 13.3. The molecule has 9 aromatic rings. The maximum atomic E-state index is 6.71. The van der Waals surface area contributed by atoms with E-state index in [0.29, 0.717) is 0 Å². The van der Waals surface area contributed by atoms with Gasteiger partial charge >= 0.3 is 0 Å². The minimum atomic E-state index is -0.187. The lowest BCUT2D eigenvalue weighted by atomic mass is 9.77. The molecule has 0 aliphatic heterocycles. The van der Waals surface area contributed by atoms with Gasteiger partial charge in [-0.15, -0.1) is 0 Å². The van der Waals surface area contributed by atoms with E-state index in [2.05, 4.69) is 234 Å². The quantitative estimate of drug-likeness (QED) is 0.119. The fourth-order valence-electron chi connectivity index (χ4n) is 8.58. The molecule has 9 rings (SSSR count). The molecule has 0 saturated carbocycles. The molecule has 0 unspecified atom stereocenters. The number of rotatable bonds is 7. The maximum Gasteiger partial charge on any atom is 0.269 e. The Balaban J connectivity index is 1.14. The molecule has 0 saturated heterocycles. The van der Waals surface area contributed by atoms with E-state index in [4.69, 9.17) is 9.72 Å². The first kappa shape index (κ1) is 39.7. The predicted octanol–water partition coefficient (Wildman–Crippen LogP) is 14.1. The Kier molecular flexibility index (Phi) is 9.82. The largest absolute Gasteiger partial charge is 0.458 e. The highest BCUT2D eigenvalue weighted by Crippen LogP contribution is 2.42. The number of ether oxygens (including phenoxy) is 1. The summed E-state index contributed by atoms with van der Waals surface area (Å²) in [6.45, 7) is 20.4. The molecular formula is C56H54N4O. The van der Waals surface area contributed by atoms with Crippen molar-refractivity contribution in [2.75, 3.05) is 0 Å². The van der Waals surface area contributed by atoms with Gasteiger partial charge < -0.3 is 4.74 Å². The monoisotopic (exact) mass is 798 g/mol. The first-order chi connectivity index (χ1) is 29.1. The molecule has 5 heteroatoms. The van der Waals surface area contributed by atoms with Crippen LogP contribution < -0.4 is 9.30 Å². The molecule has 0 atom stereocenters. The number of hydrogen-bond donors (Lipinski definition) is 0. The average molecular weight is 799 g/mol. The topological polar surface area (TPSA) is 35.9 Å². The van der Waals surface area contributed by atoms with Gasteiger partial charge in [-0.05, 0) is 110 Å². The molecule has 0 fully saturated rings. The summed E-state index contributed by atoms with van der Waals surface area (Å²) in [4.78, 5) is 4.87. The van der Waals surface area contributed by atoms with E-state index >= 15 is 0 Å². The van der Waals surface area contributed by atoms with Gasteiger partial charge in [0.1, 0.15) is 17.3 Å². The van der Waals surface area contributed by atoms with Crippen molar-refractivity contribution in [1.82, 2.24) is 14.1 Å². The fraction of sp³-hybridized carbons (Fsp3) is 0.214. The lowest BCUT2D eigenvalue weighted by Gasteiger charge is -2.29. The van der Waals surface area contributed by atoms with Crippen molar-refractivity contribution in [2.45, 2.75) is 78.6 Å². The van der Waals surface area contributed by atoms with Crippen LogP contribution in [0, 0.1) is 6.33 Å². The van der Waals surface area contributed by atoms with Crippen molar-refractivity contribution in [1.29, 1.82) is 0 Å². The van der Waals surface area contributed by atoms with Gasteiger partial charge in [0.2, 0.25) is 0 Å². The fourth-order valence-corrected chi connectivity index (χ4v) is 8.58. The summed E-state index contributed by atoms with van der Waals surface area (Å²) in [5.74, 6) is 2.39. The summed E-state index contributed by atoms with van der Waals surface area (Å²) in [5.41, 5.74) is 12.4. The van der Waals surface area contributed by atoms with Gasteiger partial charge in [-0.2, -0.15) is 0 Å². The second-order valence-corrected chi connectivity index (χ2v) is 19.3. The van der Waals surface area contributed by atoms with Gasteiger partial charge in [0.25, 0.3) is 6.33 Å². The van der Waals surface area contributed by atoms with E-state index in [9.17, 15) is 0 Å². The van der Waals surface area contributed by atoms with Crippen LogP contribution in [0.2, 0.25) is 0 Å². The Labute approximate surface area is 360 Å². The number of aromatic nitrogens is 4. The summed E-state index contributed by atoms with van der Waals surface area (Å²) in [7, 11) is 0. The Bertz CT molecular complexity index is 2980. The number of hydrogen-bond acceptors (Lipinski definition) is 2. The number of imidazole rings is 1. The molecule has 0 radical (unpaired) electrons. The third-order valence-electron chi connectivity index (χ3n) is 11.6. The second-order valence-electron chi connectivity index (χ2n) is 19.3. The number of fused-ring (bicyclic) bond motifs is 3. The number of pyridine rings is 1. The van der Waals surface area contributed by atoms with Crippen LogP contribution >= 0.6 is 0 Å². The van der Waals surface area contributed by atoms with Crippen molar-refractivity contribution in [3.05, 3.63) is 187 Å². The normalized spacial score (nSPS) is 12.3. The third kappa shape index (κ3) is 7.66. The van der Waals surface area contributed by atoms with E-state index in [1.807, 2.05) is 12.3 Å². The van der Waals surface area contributed by atoms with E-state index < -0.39 is 0 Å². The molecule has 3 aromatic heterocycles. The minimum absolute atomic E-state index is 0.00705. The Hall–Kier alpha value is -6.72. The standard InChI is InChI=1S/C56H54N4O/c1-54(2,3)40-29-30-57-52(31-40)60-49-26-17-16-25-45(49)46-28-27-44(35-50(46)60)61-43-24-18-23-41(32-43)58-36-51(55(4,5)6)59(37-58)42-33-47(38-19-12-10-13-20-38)53(56(7,8)9)48(34-42)39-21-14-11-15-22-39/h10-36H,1-9H3. The van der Waals surface area contributed by atoms with E-state index in [0.717, 1.165) is 50.8 Å². The maximum absolute atomic E-state index is 6.71. The lowest BCUT2D eigenvalue weighted by molar-refractivity contribution is -0.611. The molecule has 0 spiro atoms. The van der Waals surface area contributed by atoms with Crippen molar-refractivity contribution in [3.63, 3.8) is 0 Å². The zero-order valence-electron chi connectivity index (χ0n) is 36.8. The summed E-state index contributed by atoms with van der Waals surface area (Å²) in [6.07, 6.45) is 7.90. The summed E-state index contributed by atoms with van der Waals surface area (Å²) in [6, 6.07) is 53.8. The highest BCUT2D eigenvalue weighted by molar-refractivity contribution is 6.09. The van der Waals surface area contributed by atoms with Crippen LogP contribution in [0.1, 0.15) is 79.1 Å². The average Bonchev–Trinajstić information content (AvgIpc) is 3.84. The molecule has 0 bridgehead atoms. The van der Waals surface area contributed by atoms with E-state index in [1.165, 1.54) is 38.8 Å². The van der Waals surface area contributed by atoms with Crippen LogP contribution in [0.15, 0.2) is 164 Å². The van der Waals surface area contributed by atoms with Gasteiger partial charge in [0.15, 0.2) is 0 Å². The van der Waals surface area contributed by atoms with Crippen molar-refractivity contribution in [2.24, 2.45) is 0 Å².